The summed E-state index contributed by atoms with van der Waals surface area (Å²) in [5.74, 6) is 0.0782. The van der Waals surface area contributed by atoms with E-state index in [1.54, 1.807) is 0 Å². The van der Waals surface area contributed by atoms with Crippen LogP contribution in [0.25, 0.3) is 0 Å². The Hall–Kier alpha value is 0.540. The monoisotopic (exact) mass is 174 g/mol. The van der Waals surface area contributed by atoms with E-state index in [2.05, 4.69) is 0 Å². The number of carbonyl (C=O) groups is 1. The minimum absolute atomic E-state index is 0.0782. The van der Waals surface area contributed by atoms with Crippen LogP contribution in [0.4, 0.5) is 0 Å². The van der Waals surface area contributed by atoms with Crippen LogP contribution in [0.15, 0.2) is 0 Å². The van der Waals surface area contributed by atoms with Crippen LogP contribution in [0, 0.1) is 0 Å². The van der Waals surface area contributed by atoms with Crippen LogP contribution in [-0.2, 0) is 4.79 Å². The molecule has 0 atom stereocenters. The Morgan fingerprint density at radius 2 is 2.00 bits per heavy atom. The van der Waals surface area contributed by atoms with Crippen LogP contribution in [0.1, 0.15) is 6.42 Å². The van der Waals surface area contributed by atoms with Crippen molar-refractivity contribution < 1.29 is 4.79 Å². The Morgan fingerprint density at radius 3 is 2.12 bits per heavy atom. The fraction of sp³-hybridized carbons (Fsp3) is 0.750. The first-order valence-corrected chi connectivity index (χ1v) is 3.29. The Bertz CT molecular complexity index is 81.4. The van der Waals surface area contributed by atoms with Crippen molar-refractivity contribution in [2.75, 3.05) is 5.88 Å². The maximum Gasteiger partial charge on any atom is 0.138 e. The summed E-state index contributed by atoms with van der Waals surface area (Å²) >= 11 is 16.1. The maximum atomic E-state index is 9.75. The van der Waals surface area contributed by atoms with E-state index in [1.165, 1.54) is 0 Å². The van der Waals surface area contributed by atoms with Crippen LogP contribution in [0.3, 0.4) is 0 Å². The highest BCUT2D eigenvalue weighted by molar-refractivity contribution is 6.52. The van der Waals surface area contributed by atoms with Gasteiger partial charge in [-0.1, -0.05) is 23.2 Å². The average molecular weight is 175 g/mol. The summed E-state index contributed by atoms with van der Waals surface area (Å²) in [7, 11) is 0. The summed E-state index contributed by atoms with van der Waals surface area (Å²) in [4.78, 5) is 9.75. The molecule has 0 heterocycles. The quantitative estimate of drug-likeness (QED) is 0.474. The molecule has 0 amide bonds. The Kier molecular flexibility index (Phi) is 3.78. The first-order chi connectivity index (χ1) is 3.62. The van der Waals surface area contributed by atoms with Gasteiger partial charge in [0.1, 0.15) is 10.6 Å². The highest BCUT2D eigenvalue weighted by Crippen LogP contribution is 2.24. The van der Waals surface area contributed by atoms with Gasteiger partial charge in [0, 0.05) is 6.42 Å². The van der Waals surface area contributed by atoms with E-state index in [9.17, 15) is 4.79 Å². The lowest BCUT2D eigenvalue weighted by molar-refractivity contribution is -0.107. The van der Waals surface area contributed by atoms with Gasteiger partial charge >= 0.3 is 0 Å². The molecule has 1 nitrogen and oxygen atoms in total. The van der Waals surface area contributed by atoms with Crippen LogP contribution in [0.5, 0.6) is 0 Å². The molecule has 0 bridgehead atoms. The molecule has 48 valence electrons. The molecule has 4 heteroatoms. The number of alkyl halides is 3. The molecule has 0 spiro atoms. The van der Waals surface area contributed by atoms with Gasteiger partial charge < -0.3 is 4.79 Å². The zero-order valence-electron chi connectivity index (χ0n) is 4.03. The highest BCUT2D eigenvalue weighted by atomic mass is 35.5. The second-order valence-corrected chi connectivity index (χ2v) is 3.27. The molecule has 0 saturated carbocycles. The van der Waals surface area contributed by atoms with Crippen molar-refractivity contribution >= 4 is 41.1 Å². The topological polar surface area (TPSA) is 17.1 Å². The summed E-state index contributed by atoms with van der Waals surface area (Å²) in [6, 6.07) is 0. The van der Waals surface area contributed by atoms with Gasteiger partial charge in [0.15, 0.2) is 0 Å². The Balaban J connectivity index is 3.53. The largest absolute Gasteiger partial charge is 0.303 e. The van der Waals surface area contributed by atoms with Crippen molar-refractivity contribution in [1.82, 2.24) is 0 Å². The van der Waals surface area contributed by atoms with E-state index in [0.29, 0.717) is 6.29 Å². The lowest BCUT2D eigenvalue weighted by Gasteiger charge is -2.09. The molecule has 0 radical (unpaired) electrons. The third-order valence-electron chi connectivity index (χ3n) is 0.577. The fourth-order valence-corrected chi connectivity index (χ4v) is 0.412. The third-order valence-corrected chi connectivity index (χ3v) is 1.88. The molecular weight excluding hydrogens is 170 g/mol. The molecule has 0 N–H and O–H groups in total. The van der Waals surface area contributed by atoms with Gasteiger partial charge in [-0.3, -0.25) is 0 Å². The molecular formula is C4H5Cl3O. The Labute approximate surface area is 62.9 Å². The molecule has 0 aliphatic rings. The minimum atomic E-state index is -1.07. The molecule has 0 aromatic carbocycles. The third kappa shape index (κ3) is 3.53. The number of hydrogen-bond donors (Lipinski definition) is 0. The molecule has 8 heavy (non-hydrogen) atoms. The summed E-state index contributed by atoms with van der Waals surface area (Å²) in [5, 5.41) is 0. The second-order valence-electron chi connectivity index (χ2n) is 1.36. The molecule has 0 aromatic rings. The molecule has 0 aromatic heterocycles. The Morgan fingerprint density at radius 1 is 1.50 bits per heavy atom. The van der Waals surface area contributed by atoms with Crippen molar-refractivity contribution in [3.8, 4) is 0 Å². The average Bonchev–Trinajstić information content (AvgIpc) is 1.67. The highest BCUT2D eigenvalue weighted by Gasteiger charge is 2.20. The van der Waals surface area contributed by atoms with Crippen molar-refractivity contribution in [3.63, 3.8) is 0 Å². The van der Waals surface area contributed by atoms with Gasteiger partial charge in [0.05, 0.1) is 5.88 Å². The van der Waals surface area contributed by atoms with Gasteiger partial charge in [-0.15, -0.1) is 11.6 Å². The summed E-state index contributed by atoms with van der Waals surface area (Å²) in [6.07, 6.45) is 0.724. The first kappa shape index (κ1) is 8.54. The van der Waals surface area contributed by atoms with Gasteiger partial charge in [0.25, 0.3) is 0 Å². The van der Waals surface area contributed by atoms with E-state index >= 15 is 0 Å². The van der Waals surface area contributed by atoms with Crippen molar-refractivity contribution in [2.24, 2.45) is 0 Å². The van der Waals surface area contributed by atoms with E-state index in [4.69, 9.17) is 34.8 Å². The second kappa shape index (κ2) is 3.54. The smallest absolute Gasteiger partial charge is 0.138 e. The lowest BCUT2D eigenvalue weighted by Crippen LogP contribution is -2.14. The van der Waals surface area contributed by atoms with Crippen LogP contribution in [0.2, 0.25) is 0 Å². The van der Waals surface area contributed by atoms with E-state index in [0.717, 1.165) is 0 Å². The minimum Gasteiger partial charge on any atom is -0.303 e. The van der Waals surface area contributed by atoms with Crippen LogP contribution in [-0.4, -0.2) is 16.5 Å². The van der Waals surface area contributed by atoms with Crippen molar-refractivity contribution in [2.45, 2.75) is 10.8 Å². The predicted octanol–water partition coefficient (Wildman–Crippen LogP) is 1.99. The predicted molar refractivity (Wildman–Crippen MR) is 35.8 cm³/mol. The standard InChI is InChI=1S/C4H5Cl3O/c5-3-4(6,7)1-2-8/h2H,1,3H2. The maximum absolute atomic E-state index is 9.75. The number of hydrogen-bond acceptors (Lipinski definition) is 1. The van der Waals surface area contributed by atoms with Crippen LogP contribution >= 0.6 is 34.8 Å². The van der Waals surface area contributed by atoms with Crippen molar-refractivity contribution in [1.29, 1.82) is 0 Å². The van der Waals surface area contributed by atoms with Gasteiger partial charge in [-0.25, -0.2) is 0 Å². The van der Waals surface area contributed by atoms with Crippen molar-refractivity contribution in [3.05, 3.63) is 0 Å². The van der Waals surface area contributed by atoms with E-state index in [1.807, 2.05) is 0 Å². The molecule has 0 saturated heterocycles. The number of rotatable bonds is 3. The number of aldehydes is 1. The summed E-state index contributed by atoms with van der Waals surface area (Å²) in [6.45, 7) is 0. The van der Waals surface area contributed by atoms with Crippen LogP contribution < -0.4 is 0 Å². The first-order valence-electron chi connectivity index (χ1n) is 2.00. The van der Waals surface area contributed by atoms with E-state index in [-0.39, 0.29) is 12.3 Å². The van der Waals surface area contributed by atoms with Gasteiger partial charge in [0.2, 0.25) is 0 Å². The zero-order chi connectivity index (χ0) is 6.62. The molecule has 0 aliphatic heterocycles. The number of halogens is 3. The summed E-state index contributed by atoms with van der Waals surface area (Å²) < 4.78 is -1.07. The fourth-order valence-electron chi connectivity index (χ4n) is 0.176. The zero-order valence-corrected chi connectivity index (χ0v) is 6.30. The van der Waals surface area contributed by atoms with Gasteiger partial charge in [-0.05, 0) is 0 Å². The molecule has 0 rings (SSSR count). The normalized spacial score (nSPS) is 11.4. The number of carbonyl (C=O) groups excluding carboxylic acids is 1. The van der Waals surface area contributed by atoms with E-state index < -0.39 is 4.33 Å². The van der Waals surface area contributed by atoms with Gasteiger partial charge in [-0.2, -0.15) is 0 Å². The molecule has 0 fully saturated rings. The molecule has 0 unspecified atom stereocenters. The molecule has 0 aliphatic carbocycles. The SMILES string of the molecule is O=CCC(Cl)(Cl)CCl. The lowest BCUT2D eigenvalue weighted by atomic mass is 10.3. The summed E-state index contributed by atoms with van der Waals surface area (Å²) in [5.41, 5.74) is 0.